The number of hydrogen-bond acceptors (Lipinski definition) is 2. The fourth-order valence-corrected chi connectivity index (χ4v) is 2.03. The molecule has 0 aromatic heterocycles. The molecular formula is C17H24ClFN2O. The lowest BCUT2D eigenvalue weighted by Gasteiger charge is -2.22. The van der Waals surface area contributed by atoms with Gasteiger partial charge in [-0.1, -0.05) is 18.2 Å². The van der Waals surface area contributed by atoms with Crippen molar-refractivity contribution in [1.82, 2.24) is 4.90 Å². The van der Waals surface area contributed by atoms with Crippen LogP contribution in [0.3, 0.4) is 0 Å². The summed E-state index contributed by atoms with van der Waals surface area (Å²) >= 11 is 5.26. The van der Waals surface area contributed by atoms with Crippen LogP contribution in [0, 0.1) is 5.92 Å². The molecule has 0 aromatic carbocycles. The predicted octanol–water partition coefficient (Wildman–Crippen LogP) is 4.26. The first-order valence-electron chi connectivity index (χ1n) is 7.43. The summed E-state index contributed by atoms with van der Waals surface area (Å²) in [6.45, 7) is 12.3. The third kappa shape index (κ3) is 6.14. The molecule has 1 aliphatic carbocycles. The molecule has 0 N–H and O–H groups in total. The Morgan fingerprint density at radius 2 is 2.14 bits per heavy atom. The summed E-state index contributed by atoms with van der Waals surface area (Å²) in [4.78, 5) is 17.3. The predicted molar refractivity (Wildman–Crippen MR) is 90.9 cm³/mol. The highest BCUT2D eigenvalue weighted by Crippen LogP contribution is 2.28. The van der Waals surface area contributed by atoms with Crippen LogP contribution >= 0.6 is 11.6 Å². The molecule has 0 amide bonds. The molecule has 0 spiro atoms. The van der Waals surface area contributed by atoms with E-state index in [-0.39, 0.29) is 12.0 Å². The van der Waals surface area contributed by atoms with Gasteiger partial charge in [-0.25, -0.2) is 4.39 Å². The summed E-state index contributed by atoms with van der Waals surface area (Å²) in [6.07, 6.45) is 4.69. The van der Waals surface area contributed by atoms with E-state index in [1.165, 1.54) is 12.8 Å². The Kier molecular flexibility index (Phi) is 7.52. The first kappa shape index (κ1) is 18.6. The van der Waals surface area contributed by atoms with E-state index in [0.29, 0.717) is 6.54 Å². The number of alkyl halides is 1. The van der Waals surface area contributed by atoms with Crippen molar-refractivity contribution < 1.29 is 9.18 Å². The lowest BCUT2D eigenvalue weighted by Crippen LogP contribution is -2.22. The minimum absolute atomic E-state index is 0.0905. The van der Waals surface area contributed by atoms with Gasteiger partial charge in [0.2, 0.25) is 0 Å². The Bertz CT molecular complexity index is 495. The summed E-state index contributed by atoms with van der Waals surface area (Å²) in [5.41, 5.74) is 1.52. The van der Waals surface area contributed by atoms with Crippen LogP contribution < -0.4 is 0 Å². The molecule has 1 aliphatic rings. The van der Waals surface area contributed by atoms with Crippen molar-refractivity contribution in [2.75, 3.05) is 13.1 Å². The van der Waals surface area contributed by atoms with E-state index >= 15 is 0 Å². The van der Waals surface area contributed by atoms with Crippen molar-refractivity contribution in [2.45, 2.75) is 39.3 Å². The quantitative estimate of drug-likeness (QED) is 0.197. The standard InChI is InChI=1S/C17H24ClFN2O/c1-5-8-21(11-20-10-15-6-7-15)14(4)12(2)9-16(19)13(3)17(18)22/h5,11,15-16H,1,3,6-10H2,2,4H3/b14-12+,20-11-/t16-/m0/s1. The second-order valence-corrected chi connectivity index (χ2v) is 6.04. The van der Waals surface area contributed by atoms with Gasteiger partial charge in [-0.3, -0.25) is 9.79 Å². The maximum absolute atomic E-state index is 14.0. The van der Waals surface area contributed by atoms with Crippen molar-refractivity contribution in [3.8, 4) is 0 Å². The van der Waals surface area contributed by atoms with E-state index in [1.807, 2.05) is 18.7 Å². The van der Waals surface area contributed by atoms with E-state index in [0.717, 1.165) is 23.7 Å². The number of nitrogens with zero attached hydrogens (tertiary/aromatic N) is 2. The fraction of sp³-hybridized carbons (Fsp3) is 0.529. The number of halogens is 2. The van der Waals surface area contributed by atoms with Gasteiger partial charge in [0.05, 0.1) is 6.34 Å². The molecule has 0 aromatic rings. The topological polar surface area (TPSA) is 32.7 Å². The molecule has 1 rings (SSSR count). The number of aliphatic imine (C=N–C) groups is 1. The van der Waals surface area contributed by atoms with Crippen LogP contribution in [0.1, 0.15) is 33.1 Å². The molecule has 1 fully saturated rings. The van der Waals surface area contributed by atoms with Crippen LogP contribution in [0.25, 0.3) is 0 Å². The largest absolute Gasteiger partial charge is 0.333 e. The molecular weight excluding hydrogens is 303 g/mol. The highest BCUT2D eigenvalue weighted by atomic mass is 35.5. The summed E-state index contributed by atoms with van der Waals surface area (Å²) < 4.78 is 14.0. The molecule has 22 heavy (non-hydrogen) atoms. The van der Waals surface area contributed by atoms with Gasteiger partial charge in [0.25, 0.3) is 5.24 Å². The van der Waals surface area contributed by atoms with Gasteiger partial charge < -0.3 is 4.90 Å². The van der Waals surface area contributed by atoms with Crippen molar-refractivity contribution in [2.24, 2.45) is 10.9 Å². The van der Waals surface area contributed by atoms with E-state index in [4.69, 9.17) is 11.6 Å². The van der Waals surface area contributed by atoms with Crippen LogP contribution in [0.5, 0.6) is 0 Å². The summed E-state index contributed by atoms with van der Waals surface area (Å²) in [7, 11) is 0. The van der Waals surface area contributed by atoms with Crippen molar-refractivity contribution in [1.29, 1.82) is 0 Å². The van der Waals surface area contributed by atoms with Crippen LogP contribution in [-0.4, -0.2) is 35.7 Å². The second-order valence-electron chi connectivity index (χ2n) is 5.70. The van der Waals surface area contributed by atoms with Crippen molar-refractivity contribution in [3.63, 3.8) is 0 Å². The Balaban J connectivity index is 2.72. The molecule has 0 radical (unpaired) electrons. The number of rotatable bonds is 10. The lowest BCUT2D eigenvalue weighted by atomic mass is 10.0. The SMILES string of the molecule is C=CCN(/C=N\CC1CC1)/C(C)=C(\C)C[C@H](F)C(=C)C(=O)Cl. The molecule has 0 bridgehead atoms. The van der Waals surface area contributed by atoms with E-state index in [1.54, 1.807) is 12.4 Å². The van der Waals surface area contributed by atoms with Gasteiger partial charge in [0.1, 0.15) is 6.17 Å². The van der Waals surface area contributed by atoms with Crippen LogP contribution in [0.4, 0.5) is 4.39 Å². The third-order valence-corrected chi connectivity index (χ3v) is 4.01. The van der Waals surface area contributed by atoms with E-state index in [9.17, 15) is 9.18 Å². The van der Waals surface area contributed by atoms with Gasteiger partial charge in [0.15, 0.2) is 0 Å². The van der Waals surface area contributed by atoms with Gasteiger partial charge >= 0.3 is 0 Å². The highest BCUT2D eigenvalue weighted by molar-refractivity contribution is 6.67. The molecule has 122 valence electrons. The molecule has 3 nitrogen and oxygen atoms in total. The summed E-state index contributed by atoms with van der Waals surface area (Å²) in [6, 6.07) is 0. The first-order chi connectivity index (χ1) is 10.4. The Morgan fingerprint density at radius 1 is 1.50 bits per heavy atom. The highest BCUT2D eigenvalue weighted by Gasteiger charge is 2.20. The van der Waals surface area contributed by atoms with Crippen molar-refractivity contribution in [3.05, 3.63) is 36.1 Å². The van der Waals surface area contributed by atoms with Crippen LogP contribution in [0.2, 0.25) is 0 Å². The van der Waals surface area contributed by atoms with Gasteiger partial charge in [-0.15, -0.1) is 6.58 Å². The molecule has 0 aliphatic heterocycles. The summed E-state index contributed by atoms with van der Waals surface area (Å²) in [5.74, 6) is 0.723. The first-order valence-corrected chi connectivity index (χ1v) is 7.81. The monoisotopic (exact) mass is 326 g/mol. The second kappa shape index (κ2) is 8.89. The Morgan fingerprint density at radius 3 is 2.64 bits per heavy atom. The minimum Gasteiger partial charge on any atom is -0.333 e. The molecule has 5 heteroatoms. The zero-order valence-corrected chi connectivity index (χ0v) is 14.1. The van der Waals surface area contributed by atoms with E-state index in [2.05, 4.69) is 18.2 Å². The Labute approximate surface area is 137 Å². The molecule has 0 heterocycles. The Hall–Kier alpha value is -1.42. The van der Waals surface area contributed by atoms with Crippen LogP contribution in [-0.2, 0) is 4.79 Å². The fourth-order valence-electron chi connectivity index (χ4n) is 1.91. The van der Waals surface area contributed by atoms with Crippen LogP contribution in [0.15, 0.2) is 41.1 Å². The average Bonchev–Trinajstić information content (AvgIpc) is 3.28. The van der Waals surface area contributed by atoms with Gasteiger partial charge in [-0.05, 0) is 44.2 Å². The number of allylic oxidation sites excluding steroid dienone is 3. The smallest absolute Gasteiger partial charge is 0.250 e. The summed E-state index contributed by atoms with van der Waals surface area (Å²) in [5, 5.41) is -0.827. The molecule has 0 saturated heterocycles. The zero-order chi connectivity index (χ0) is 16.7. The maximum Gasteiger partial charge on any atom is 0.250 e. The molecule has 1 saturated carbocycles. The average molecular weight is 327 g/mol. The number of carbonyl (C=O) groups is 1. The zero-order valence-electron chi connectivity index (χ0n) is 13.3. The maximum atomic E-state index is 14.0. The third-order valence-electron chi connectivity index (χ3n) is 3.77. The normalized spacial score (nSPS) is 17.1. The van der Waals surface area contributed by atoms with E-state index < -0.39 is 11.4 Å². The lowest BCUT2D eigenvalue weighted by molar-refractivity contribution is -0.109. The molecule has 1 atom stereocenters. The minimum atomic E-state index is -1.46. The van der Waals surface area contributed by atoms with Crippen molar-refractivity contribution >= 4 is 23.2 Å². The van der Waals surface area contributed by atoms with Gasteiger partial charge in [0, 0.05) is 30.8 Å². The number of hydrogen-bond donors (Lipinski definition) is 0. The van der Waals surface area contributed by atoms with Gasteiger partial charge in [-0.2, -0.15) is 0 Å². The number of carbonyl (C=O) groups excluding carboxylic acids is 1. The molecule has 0 unspecified atom stereocenters.